The molecule has 0 saturated heterocycles. The van der Waals surface area contributed by atoms with Crippen molar-refractivity contribution in [3.63, 3.8) is 0 Å². The number of benzene rings is 1. The van der Waals surface area contributed by atoms with Crippen molar-refractivity contribution in [3.05, 3.63) is 35.2 Å². The third-order valence-electron chi connectivity index (χ3n) is 4.29. The molecule has 0 radical (unpaired) electrons. The predicted molar refractivity (Wildman–Crippen MR) is 97.7 cm³/mol. The molecule has 7 heteroatoms. The molecule has 1 aliphatic carbocycles. The normalized spacial score (nSPS) is 20.6. The highest BCUT2D eigenvalue weighted by atomic mass is 35.5. The van der Waals surface area contributed by atoms with Crippen LogP contribution in [0.5, 0.6) is 0 Å². The number of aliphatic hydroxyl groups excluding tert-OH is 1. The number of anilines is 1. The van der Waals surface area contributed by atoms with Gasteiger partial charge in [-0.1, -0.05) is 23.7 Å². The maximum absolute atomic E-state index is 10.1. The Bertz CT molecular complexity index is 864. The van der Waals surface area contributed by atoms with E-state index in [-0.39, 0.29) is 12.1 Å². The van der Waals surface area contributed by atoms with Crippen LogP contribution >= 0.6 is 22.9 Å². The number of thiazole rings is 1. The van der Waals surface area contributed by atoms with Crippen LogP contribution in [0.15, 0.2) is 24.3 Å². The monoisotopic (exact) mass is 360 g/mol. The Kier molecular flexibility index (Phi) is 4.12. The van der Waals surface area contributed by atoms with Crippen molar-refractivity contribution in [1.82, 2.24) is 15.0 Å². The molecule has 1 aromatic carbocycles. The number of nitrogens with one attached hydrogen (secondary N) is 1. The Morgan fingerprint density at radius 3 is 2.79 bits per heavy atom. The van der Waals surface area contributed by atoms with Gasteiger partial charge < -0.3 is 10.4 Å². The van der Waals surface area contributed by atoms with E-state index in [1.54, 1.807) is 11.3 Å². The fourth-order valence-electron chi connectivity index (χ4n) is 3.10. The molecule has 0 amide bonds. The Balaban J connectivity index is 1.81. The van der Waals surface area contributed by atoms with E-state index in [1.807, 2.05) is 31.2 Å². The fourth-order valence-corrected chi connectivity index (χ4v) is 4.47. The molecule has 0 spiro atoms. The SMILES string of the molecule is Cc1nc(Cl)c(-c2nc3ccccc3s2)c(N[C@@H]2CCC[C@H]2O)n1. The molecule has 1 fully saturated rings. The maximum atomic E-state index is 10.1. The van der Waals surface area contributed by atoms with Crippen molar-refractivity contribution in [2.24, 2.45) is 0 Å². The summed E-state index contributed by atoms with van der Waals surface area (Å²) in [6.45, 7) is 1.81. The Hall–Kier alpha value is -1.76. The van der Waals surface area contributed by atoms with Crippen LogP contribution < -0.4 is 5.32 Å². The minimum absolute atomic E-state index is 0.0107. The first-order chi connectivity index (χ1) is 11.6. The Morgan fingerprint density at radius 1 is 1.21 bits per heavy atom. The van der Waals surface area contributed by atoms with E-state index in [4.69, 9.17) is 11.6 Å². The lowest BCUT2D eigenvalue weighted by Gasteiger charge is -2.19. The highest BCUT2D eigenvalue weighted by Crippen LogP contribution is 2.38. The molecule has 4 rings (SSSR count). The molecule has 5 nitrogen and oxygen atoms in total. The van der Waals surface area contributed by atoms with E-state index in [0.29, 0.717) is 22.4 Å². The highest BCUT2D eigenvalue weighted by Gasteiger charge is 2.27. The largest absolute Gasteiger partial charge is 0.391 e. The first kappa shape index (κ1) is 15.7. The summed E-state index contributed by atoms with van der Waals surface area (Å²) >= 11 is 8.00. The lowest BCUT2D eigenvalue weighted by molar-refractivity contribution is 0.171. The number of rotatable bonds is 3. The third-order valence-corrected chi connectivity index (χ3v) is 5.61. The van der Waals surface area contributed by atoms with E-state index in [9.17, 15) is 5.11 Å². The molecule has 0 aliphatic heterocycles. The zero-order valence-corrected chi connectivity index (χ0v) is 14.7. The maximum Gasteiger partial charge on any atom is 0.145 e. The van der Waals surface area contributed by atoms with Gasteiger partial charge in [0.2, 0.25) is 0 Å². The number of halogens is 1. The lowest BCUT2D eigenvalue weighted by atomic mass is 10.2. The average molecular weight is 361 g/mol. The fraction of sp³-hybridized carbons (Fsp3) is 0.353. The zero-order chi connectivity index (χ0) is 16.7. The molecule has 0 unspecified atom stereocenters. The number of para-hydroxylation sites is 1. The van der Waals surface area contributed by atoms with Gasteiger partial charge in [0.15, 0.2) is 0 Å². The van der Waals surface area contributed by atoms with Gasteiger partial charge >= 0.3 is 0 Å². The van der Waals surface area contributed by atoms with Crippen molar-refractivity contribution < 1.29 is 5.11 Å². The minimum atomic E-state index is -0.359. The molecule has 0 bridgehead atoms. The van der Waals surface area contributed by atoms with Crippen LogP contribution in [0, 0.1) is 6.92 Å². The van der Waals surface area contributed by atoms with Gasteiger partial charge in [-0.3, -0.25) is 0 Å². The first-order valence-corrected chi connectivity index (χ1v) is 9.16. The Morgan fingerprint density at radius 2 is 2.04 bits per heavy atom. The Labute approximate surface area is 148 Å². The van der Waals surface area contributed by atoms with Gasteiger partial charge in [-0.15, -0.1) is 11.3 Å². The molecule has 1 aliphatic rings. The number of aryl methyl sites for hydroxylation is 1. The van der Waals surface area contributed by atoms with Crippen LogP contribution in [-0.4, -0.2) is 32.2 Å². The molecule has 2 heterocycles. The summed E-state index contributed by atoms with van der Waals surface area (Å²) in [5.41, 5.74) is 1.64. The molecular formula is C17H17ClN4OS. The van der Waals surface area contributed by atoms with E-state index in [2.05, 4.69) is 20.3 Å². The van der Waals surface area contributed by atoms with E-state index in [1.165, 1.54) is 0 Å². The van der Waals surface area contributed by atoms with Crippen molar-refractivity contribution >= 4 is 39.0 Å². The predicted octanol–water partition coefficient (Wildman–Crippen LogP) is 4.04. The van der Waals surface area contributed by atoms with Gasteiger partial charge in [-0.05, 0) is 38.3 Å². The molecule has 1 saturated carbocycles. The summed E-state index contributed by atoms with van der Waals surface area (Å²) in [5.74, 6) is 1.25. The molecule has 124 valence electrons. The van der Waals surface area contributed by atoms with E-state index < -0.39 is 0 Å². The second-order valence-electron chi connectivity index (χ2n) is 6.02. The molecule has 2 aromatic heterocycles. The summed E-state index contributed by atoms with van der Waals surface area (Å²) in [6, 6.07) is 7.96. The highest BCUT2D eigenvalue weighted by molar-refractivity contribution is 7.21. The van der Waals surface area contributed by atoms with Gasteiger partial charge in [0, 0.05) is 0 Å². The topological polar surface area (TPSA) is 70.9 Å². The quantitative estimate of drug-likeness (QED) is 0.690. The van der Waals surface area contributed by atoms with Crippen molar-refractivity contribution in [2.75, 3.05) is 5.32 Å². The second kappa shape index (κ2) is 6.27. The van der Waals surface area contributed by atoms with Crippen molar-refractivity contribution in [3.8, 4) is 10.6 Å². The lowest BCUT2D eigenvalue weighted by Crippen LogP contribution is -2.28. The van der Waals surface area contributed by atoms with Gasteiger partial charge in [0.1, 0.15) is 21.8 Å². The van der Waals surface area contributed by atoms with E-state index in [0.717, 1.165) is 34.5 Å². The summed E-state index contributed by atoms with van der Waals surface area (Å²) in [7, 11) is 0. The first-order valence-electron chi connectivity index (χ1n) is 7.96. The van der Waals surface area contributed by atoms with Crippen molar-refractivity contribution in [1.29, 1.82) is 0 Å². The summed E-state index contributed by atoms with van der Waals surface area (Å²) < 4.78 is 1.09. The molecule has 3 aromatic rings. The molecule has 24 heavy (non-hydrogen) atoms. The summed E-state index contributed by atoms with van der Waals surface area (Å²) in [6.07, 6.45) is 2.38. The summed E-state index contributed by atoms with van der Waals surface area (Å²) in [4.78, 5) is 13.5. The van der Waals surface area contributed by atoms with Crippen LogP contribution in [0.4, 0.5) is 5.82 Å². The molecule has 2 N–H and O–H groups in total. The number of aromatic nitrogens is 3. The smallest absolute Gasteiger partial charge is 0.145 e. The van der Waals surface area contributed by atoms with Gasteiger partial charge in [0.05, 0.1) is 27.9 Å². The number of fused-ring (bicyclic) bond motifs is 1. The summed E-state index contributed by atoms with van der Waals surface area (Å²) in [5, 5.41) is 14.7. The van der Waals surface area contributed by atoms with Gasteiger partial charge in [0.25, 0.3) is 0 Å². The number of hydrogen-bond acceptors (Lipinski definition) is 6. The third kappa shape index (κ3) is 2.85. The molecular weight excluding hydrogens is 344 g/mol. The van der Waals surface area contributed by atoms with Gasteiger partial charge in [-0.25, -0.2) is 15.0 Å². The van der Waals surface area contributed by atoms with Crippen LogP contribution in [0.1, 0.15) is 25.1 Å². The van der Waals surface area contributed by atoms with Crippen LogP contribution in [0.25, 0.3) is 20.8 Å². The van der Waals surface area contributed by atoms with Crippen LogP contribution in [-0.2, 0) is 0 Å². The average Bonchev–Trinajstić information content (AvgIpc) is 3.13. The standard InChI is InChI=1S/C17H17ClN4OS/c1-9-19-15(18)14(16(20-9)21-10-6-4-7-12(10)23)17-22-11-5-2-3-8-13(11)24-17/h2-3,5,8,10,12,23H,4,6-7H2,1H3,(H,19,20,21)/t10-,12-/m1/s1. The minimum Gasteiger partial charge on any atom is -0.391 e. The van der Waals surface area contributed by atoms with Gasteiger partial charge in [-0.2, -0.15) is 0 Å². The number of hydrogen-bond donors (Lipinski definition) is 2. The van der Waals surface area contributed by atoms with Crippen LogP contribution in [0.3, 0.4) is 0 Å². The van der Waals surface area contributed by atoms with Crippen LogP contribution in [0.2, 0.25) is 5.15 Å². The molecule has 2 atom stereocenters. The van der Waals surface area contributed by atoms with Crippen molar-refractivity contribution in [2.45, 2.75) is 38.3 Å². The number of aliphatic hydroxyl groups is 1. The zero-order valence-electron chi connectivity index (χ0n) is 13.2. The van der Waals surface area contributed by atoms with E-state index >= 15 is 0 Å². The second-order valence-corrected chi connectivity index (χ2v) is 7.41. The number of nitrogens with zero attached hydrogens (tertiary/aromatic N) is 3.